The minimum Gasteiger partial charge on any atom is -0.462 e. The molecule has 6 nitrogen and oxygen atoms in total. The summed E-state index contributed by atoms with van der Waals surface area (Å²) in [6.45, 7) is 3.55. The van der Waals surface area contributed by atoms with E-state index in [9.17, 15) is 14.9 Å². The van der Waals surface area contributed by atoms with E-state index in [1.165, 1.54) is 12.2 Å². The van der Waals surface area contributed by atoms with Crippen molar-refractivity contribution in [1.29, 1.82) is 5.26 Å². The Labute approximate surface area is 192 Å². The molecule has 1 amide bonds. The van der Waals surface area contributed by atoms with E-state index >= 15 is 0 Å². The number of nitriles is 1. The number of amides is 1. The van der Waals surface area contributed by atoms with Gasteiger partial charge >= 0.3 is 5.97 Å². The van der Waals surface area contributed by atoms with E-state index in [-0.39, 0.29) is 22.0 Å². The average molecular weight is 475 g/mol. The Balaban J connectivity index is 1.75. The van der Waals surface area contributed by atoms with Gasteiger partial charge in [-0.3, -0.25) is 4.79 Å². The van der Waals surface area contributed by atoms with Crippen LogP contribution in [0.15, 0.2) is 40.8 Å². The molecule has 0 atom stereocenters. The fourth-order valence-electron chi connectivity index (χ4n) is 2.72. The monoisotopic (exact) mass is 474 g/mol. The number of benzene rings is 1. The summed E-state index contributed by atoms with van der Waals surface area (Å²) in [4.78, 5) is 24.7. The van der Waals surface area contributed by atoms with Gasteiger partial charge in [-0.1, -0.05) is 29.3 Å². The minimum absolute atomic E-state index is 0.216. The van der Waals surface area contributed by atoms with Crippen molar-refractivity contribution in [3.63, 3.8) is 0 Å². The zero-order valence-corrected chi connectivity index (χ0v) is 18.8. The Morgan fingerprint density at radius 3 is 2.77 bits per heavy atom. The molecule has 1 N–H and O–H groups in total. The number of ether oxygens (including phenoxy) is 1. The lowest BCUT2D eigenvalue weighted by Crippen LogP contribution is -2.07. The Morgan fingerprint density at radius 1 is 1.29 bits per heavy atom. The van der Waals surface area contributed by atoms with Gasteiger partial charge in [-0.2, -0.15) is 5.26 Å². The number of nitrogens with zero attached hydrogens (tertiary/aromatic N) is 1. The molecule has 0 aliphatic carbocycles. The number of furan rings is 1. The maximum Gasteiger partial charge on any atom is 0.348 e. The second-order valence-corrected chi connectivity index (χ2v) is 8.02. The lowest BCUT2D eigenvalue weighted by Gasteiger charge is -2.02. The predicted molar refractivity (Wildman–Crippen MR) is 122 cm³/mol. The largest absolute Gasteiger partial charge is 0.462 e. The third kappa shape index (κ3) is 5.00. The van der Waals surface area contributed by atoms with E-state index in [0.717, 1.165) is 11.3 Å². The molecule has 0 bridgehead atoms. The van der Waals surface area contributed by atoms with Crippen molar-refractivity contribution in [2.75, 3.05) is 11.9 Å². The van der Waals surface area contributed by atoms with Gasteiger partial charge in [0.2, 0.25) is 5.91 Å². The minimum atomic E-state index is -0.527. The molecular weight excluding hydrogens is 459 g/mol. The van der Waals surface area contributed by atoms with Crippen LogP contribution in [0.4, 0.5) is 5.00 Å². The summed E-state index contributed by atoms with van der Waals surface area (Å²) in [7, 11) is 0. The maximum absolute atomic E-state index is 12.3. The van der Waals surface area contributed by atoms with Gasteiger partial charge in [0.1, 0.15) is 27.5 Å². The van der Waals surface area contributed by atoms with Crippen LogP contribution in [-0.2, 0) is 9.53 Å². The van der Waals surface area contributed by atoms with Gasteiger partial charge in [0, 0.05) is 11.6 Å². The number of hydrogen-bond donors (Lipinski definition) is 1. The topological polar surface area (TPSA) is 92.3 Å². The molecule has 3 aromatic rings. The third-order valence-corrected chi connectivity index (χ3v) is 6.21. The number of carbonyl (C=O) groups excluding carboxylic acids is 2. The molecule has 0 saturated heterocycles. The van der Waals surface area contributed by atoms with Crippen LogP contribution < -0.4 is 5.32 Å². The summed E-state index contributed by atoms with van der Waals surface area (Å²) in [5, 5.41) is 13.1. The smallest absolute Gasteiger partial charge is 0.348 e. The van der Waals surface area contributed by atoms with Gasteiger partial charge < -0.3 is 14.5 Å². The summed E-state index contributed by atoms with van der Waals surface area (Å²) in [6.07, 6.45) is 2.75. The number of hydrogen-bond acceptors (Lipinski definition) is 6. The number of rotatable bonds is 6. The summed E-state index contributed by atoms with van der Waals surface area (Å²) >= 11 is 13.2. The van der Waals surface area contributed by atoms with Gasteiger partial charge in [-0.15, -0.1) is 11.3 Å². The molecule has 158 valence electrons. The molecule has 31 heavy (non-hydrogen) atoms. The van der Waals surface area contributed by atoms with Gasteiger partial charge in [-0.05, 0) is 49.8 Å². The Morgan fingerprint density at radius 2 is 2.06 bits per heavy atom. The van der Waals surface area contributed by atoms with Crippen molar-refractivity contribution in [3.8, 4) is 17.4 Å². The van der Waals surface area contributed by atoms with Crippen LogP contribution in [0.25, 0.3) is 17.4 Å². The van der Waals surface area contributed by atoms with E-state index in [2.05, 4.69) is 5.32 Å². The summed E-state index contributed by atoms with van der Waals surface area (Å²) in [5.74, 6) is -0.0733. The van der Waals surface area contributed by atoms with Gasteiger partial charge in [0.25, 0.3) is 0 Å². The van der Waals surface area contributed by atoms with E-state index in [0.29, 0.717) is 32.7 Å². The van der Waals surface area contributed by atoms with Gasteiger partial charge in [-0.25, -0.2) is 4.79 Å². The normalized spacial score (nSPS) is 10.8. The first-order chi connectivity index (χ1) is 14.8. The number of halogens is 2. The maximum atomic E-state index is 12.3. The van der Waals surface area contributed by atoms with Crippen LogP contribution >= 0.6 is 34.5 Å². The molecule has 0 fully saturated rings. The number of anilines is 1. The van der Waals surface area contributed by atoms with Crippen LogP contribution in [0.5, 0.6) is 0 Å². The zero-order valence-electron chi connectivity index (χ0n) is 16.5. The van der Waals surface area contributed by atoms with Crippen LogP contribution in [0.3, 0.4) is 0 Å². The first kappa shape index (κ1) is 22.6. The van der Waals surface area contributed by atoms with E-state index in [1.54, 1.807) is 44.2 Å². The Bertz CT molecular complexity index is 1220. The standard InChI is InChI=1S/C22H16Cl2N2O4S/c1-3-29-22(28)20-12(2)15(11-25)21(31-20)26-18(27)10-8-13-7-9-17(30-13)14-5-4-6-16(23)19(14)24/h4-10H,3H2,1-2H3,(H,26,27). The van der Waals surface area contributed by atoms with Gasteiger partial charge in [0.15, 0.2) is 0 Å². The Kier molecular flexibility index (Phi) is 7.18. The average Bonchev–Trinajstić information content (AvgIpc) is 3.33. The lowest BCUT2D eigenvalue weighted by molar-refractivity contribution is -0.111. The van der Waals surface area contributed by atoms with Crippen molar-refractivity contribution in [3.05, 3.63) is 68.2 Å². The molecule has 2 heterocycles. The Hall–Kier alpha value is -3.05. The number of esters is 1. The summed E-state index contributed by atoms with van der Waals surface area (Å²) in [5.41, 5.74) is 1.34. The van der Waals surface area contributed by atoms with Crippen molar-refractivity contribution in [2.24, 2.45) is 0 Å². The predicted octanol–water partition coefficient (Wildman–Crippen LogP) is 6.32. The number of thiophene rings is 1. The molecular formula is C22H16Cl2N2O4S. The van der Waals surface area contributed by atoms with E-state index in [1.807, 2.05) is 6.07 Å². The number of nitrogens with one attached hydrogen (secondary N) is 1. The molecule has 3 rings (SSSR count). The lowest BCUT2D eigenvalue weighted by atomic mass is 10.2. The van der Waals surface area contributed by atoms with Crippen molar-refractivity contribution < 1.29 is 18.7 Å². The van der Waals surface area contributed by atoms with Gasteiger partial charge in [0.05, 0.1) is 22.2 Å². The van der Waals surface area contributed by atoms with Crippen molar-refractivity contribution >= 4 is 57.5 Å². The SMILES string of the molecule is CCOC(=O)c1sc(NC(=O)C=Cc2ccc(-c3cccc(Cl)c3Cl)o2)c(C#N)c1C. The molecule has 0 aliphatic heterocycles. The summed E-state index contributed by atoms with van der Waals surface area (Å²) in [6, 6.07) is 10.6. The highest BCUT2D eigenvalue weighted by Gasteiger charge is 2.21. The first-order valence-electron chi connectivity index (χ1n) is 9.09. The fraction of sp³-hybridized carbons (Fsp3) is 0.136. The molecule has 0 saturated carbocycles. The molecule has 0 spiro atoms. The molecule has 0 aliphatic rings. The second kappa shape index (κ2) is 9.84. The van der Waals surface area contributed by atoms with Crippen LogP contribution in [0.1, 0.15) is 33.5 Å². The van der Waals surface area contributed by atoms with Crippen molar-refractivity contribution in [1.82, 2.24) is 0 Å². The quantitative estimate of drug-likeness (QED) is 0.333. The fourth-order valence-corrected chi connectivity index (χ4v) is 4.17. The van der Waals surface area contributed by atoms with Crippen LogP contribution in [0, 0.1) is 18.3 Å². The van der Waals surface area contributed by atoms with E-state index in [4.69, 9.17) is 32.4 Å². The van der Waals surface area contributed by atoms with Crippen LogP contribution in [-0.4, -0.2) is 18.5 Å². The summed E-state index contributed by atoms with van der Waals surface area (Å²) < 4.78 is 10.7. The molecule has 1 aromatic carbocycles. The van der Waals surface area contributed by atoms with Crippen LogP contribution in [0.2, 0.25) is 10.0 Å². The number of carbonyl (C=O) groups is 2. The first-order valence-corrected chi connectivity index (χ1v) is 10.7. The highest BCUT2D eigenvalue weighted by atomic mass is 35.5. The highest BCUT2D eigenvalue weighted by molar-refractivity contribution is 7.18. The van der Waals surface area contributed by atoms with Crippen molar-refractivity contribution in [2.45, 2.75) is 13.8 Å². The van der Waals surface area contributed by atoms with E-state index < -0.39 is 11.9 Å². The molecule has 0 unspecified atom stereocenters. The molecule has 2 aromatic heterocycles. The highest BCUT2D eigenvalue weighted by Crippen LogP contribution is 2.35. The zero-order chi connectivity index (χ0) is 22.5. The second-order valence-electron chi connectivity index (χ2n) is 6.22. The molecule has 0 radical (unpaired) electrons. The third-order valence-electron chi connectivity index (χ3n) is 4.20. The molecule has 9 heteroatoms.